The van der Waals surface area contributed by atoms with Gasteiger partial charge in [0.25, 0.3) is 5.91 Å². The van der Waals surface area contributed by atoms with Gasteiger partial charge in [0.05, 0.1) is 5.56 Å². The lowest BCUT2D eigenvalue weighted by Gasteiger charge is -2.31. The summed E-state index contributed by atoms with van der Waals surface area (Å²) in [5, 5.41) is 14.1. The standard InChI is InChI=1S/C21H23N7O/c29-21(27-10-2-1-3-11-27)17-13-16-5-4-12-28(20(16)22-14-17)18-8-6-15(7-9-18)19-23-25-26-24-19/h6-9,13-14H,1-5,10-12H2,(H,23,24,25,26). The number of nitrogens with zero attached hydrogens (tertiary/aromatic N) is 6. The summed E-state index contributed by atoms with van der Waals surface area (Å²) in [6.45, 7) is 2.62. The van der Waals surface area contributed by atoms with Gasteiger partial charge in [-0.2, -0.15) is 5.21 Å². The van der Waals surface area contributed by atoms with Gasteiger partial charge in [-0.25, -0.2) is 4.98 Å². The summed E-state index contributed by atoms with van der Waals surface area (Å²) in [5.74, 6) is 1.63. The van der Waals surface area contributed by atoms with Crippen LogP contribution in [0.15, 0.2) is 36.5 Å². The number of amides is 1. The highest BCUT2D eigenvalue weighted by molar-refractivity contribution is 5.94. The second kappa shape index (κ2) is 7.62. The van der Waals surface area contributed by atoms with Crippen LogP contribution in [0, 0.1) is 0 Å². The van der Waals surface area contributed by atoms with Gasteiger partial charge in [-0.1, -0.05) is 0 Å². The second-order valence-corrected chi connectivity index (χ2v) is 7.60. The zero-order chi connectivity index (χ0) is 19.6. The van der Waals surface area contributed by atoms with E-state index in [0.717, 1.165) is 67.9 Å². The number of rotatable bonds is 3. The van der Waals surface area contributed by atoms with Crippen molar-refractivity contribution in [2.24, 2.45) is 0 Å². The first-order chi connectivity index (χ1) is 14.3. The molecule has 1 aromatic carbocycles. The van der Waals surface area contributed by atoms with Crippen molar-refractivity contribution in [3.63, 3.8) is 0 Å². The number of aromatic nitrogens is 5. The van der Waals surface area contributed by atoms with E-state index in [1.54, 1.807) is 6.20 Å². The molecule has 0 radical (unpaired) electrons. The summed E-state index contributed by atoms with van der Waals surface area (Å²) in [6.07, 6.45) is 7.12. The van der Waals surface area contributed by atoms with Gasteiger partial charge in [-0.15, -0.1) is 10.2 Å². The van der Waals surface area contributed by atoms with E-state index in [9.17, 15) is 4.79 Å². The molecule has 1 fully saturated rings. The first-order valence-corrected chi connectivity index (χ1v) is 10.2. The number of aryl methyl sites for hydroxylation is 1. The van der Waals surface area contributed by atoms with Crippen LogP contribution in [0.4, 0.5) is 11.5 Å². The third-order valence-corrected chi connectivity index (χ3v) is 5.70. The molecule has 0 atom stereocenters. The van der Waals surface area contributed by atoms with E-state index >= 15 is 0 Å². The van der Waals surface area contributed by atoms with Crippen molar-refractivity contribution in [3.05, 3.63) is 47.7 Å². The minimum absolute atomic E-state index is 0.113. The largest absolute Gasteiger partial charge is 0.339 e. The van der Waals surface area contributed by atoms with Gasteiger partial charge in [0.2, 0.25) is 5.82 Å². The van der Waals surface area contributed by atoms with E-state index in [4.69, 9.17) is 4.98 Å². The number of carbonyl (C=O) groups excluding carboxylic acids is 1. The van der Waals surface area contributed by atoms with Crippen LogP contribution in [0.2, 0.25) is 0 Å². The normalized spacial score (nSPS) is 16.6. The van der Waals surface area contributed by atoms with Gasteiger partial charge in [0.15, 0.2) is 0 Å². The molecule has 2 aliphatic rings. The SMILES string of the molecule is O=C(c1cnc2c(c1)CCCN2c1ccc(-c2nn[nH]n2)cc1)N1CCCCC1. The first-order valence-electron chi connectivity index (χ1n) is 10.2. The highest BCUT2D eigenvalue weighted by atomic mass is 16.2. The number of tetrazole rings is 1. The molecule has 0 aliphatic carbocycles. The summed E-state index contributed by atoms with van der Waals surface area (Å²) >= 11 is 0. The Morgan fingerprint density at radius 3 is 2.59 bits per heavy atom. The molecule has 1 N–H and O–H groups in total. The van der Waals surface area contributed by atoms with Crippen LogP contribution in [-0.2, 0) is 6.42 Å². The van der Waals surface area contributed by atoms with Gasteiger partial charge in [0.1, 0.15) is 5.82 Å². The van der Waals surface area contributed by atoms with Gasteiger partial charge >= 0.3 is 0 Å². The van der Waals surface area contributed by atoms with E-state index in [1.807, 2.05) is 23.1 Å². The predicted octanol–water partition coefficient (Wildman–Crippen LogP) is 2.97. The molecule has 0 saturated carbocycles. The molecular weight excluding hydrogens is 366 g/mol. The molecular formula is C21H23N7O. The van der Waals surface area contributed by atoms with E-state index in [2.05, 4.69) is 37.7 Å². The van der Waals surface area contributed by atoms with Crippen LogP contribution in [0.3, 0.4) is 0 Å². The maximum absolute atomic E-state index is 12.8. The Hall–Kier alpha value is -3.29. The molecule has 4 heterocycles. The molecule has 5 rings (SSSR count). The number of hydrogen-bond donors (Lipinski definition) is 1. The number of likely N-dealkylation sites (tertiary alicyclic amines) is 1. The van der Waals surface area contributed by atoms with Crippen LogP contribution in [0.1, 0.15) is 41.6 Å². The van der Waals surface area contributed by atoms with Crippen molar-refractivity contribution in [1.82, 2.24) is 30.5 Å². The smallest absolute Gasteiger partial charge is 0.255 e. The number of hydrogen-bond acceptors (Lipinski definition) is 6. The van der Waals surface area contributed by atoms with Crippen LogP contribution >= 0.6 is 0 Å². The summed E-state index contributed by atoms with van der Waals surface area (Å²) in [6, 6.07) is 10.1. The minimum Gasteiger partial charge on any atom is -0.339 e. The van der Waals surface area contributed by atoms with E-state index in [0.29, 0.717) is 11.4 Å². The van der Waals surface area contributed by atoms with Gasteiger partial charge in [-0.05, 0) is 73.2 Å². The molecule has 1 amide bonds. The zero-order valence-corrected chi connectivity index (χ0v) is 16.2. The third-order valence-electron chi connectivity index (χ3n) is 5.70. The Morgan fingerprint density at radius 1 is 1.00 bits per heavy atom. The quantitative estimate of drug-likeness (QED) is 0.741. The average Bonchev–Trinajstić information content (AvgIpc) is 3.33. The Morgan fingerprint density at radius 2 is 1.83 bits per heavy atom. The Balaban J connectivity index is 1.40. The number of benzene rings is 1. The van der Waals surface area contributed by atoms with Gasteiger partial charge < -0.3 is 9.80 Å². The highest BCUT2D eigenvalue weighted by Crippen LogP contribution is 2.33. The second-order valence-electron chi connectivity index (χ2n) is 7.60. The lowest BCUT2D eigenvalue weighted by atomic mass is 10.0. The number of pyridine rings is 1. The topological polar surface area (TPSA) is 90.9 Å². The number of piperidine rings is 1. The lowest BCUT2D eigenvalue weighted by Crippen LogP contribution is -2.36. The van der Waals surface area contributed by atoms with Crippen molar-refractivity contribution in [2.75, 3.05) is 24.5 Å². The Kier molecular flexibility index (Phi) is 4.67. The molecule has 3 aromatic rings. The molecule has 0 unspecified atom stereocenters. The summed E-state index contributed by atoms with van der Waals surface area (Å²) < 4.78 is 0. The van der Waals surface area contributed by atoms with Gasteiger partial charge in [0, 0.05) is 37.1 Å². The zero-order valence-electron chi connectivity index (χ0n) is 16.2. The van der Waals surface area contributed by atoms with Crippen LogP contribution < -0.4 is 4.90 Å². The highest BCUT2D eigenvalue weighted by Gasteiger charge is 2.24. The summed E-state index contributed by atoms with van der Waals surface area (Å²) in [7, 11) is 0. The monoisotopic (exact) mass is 389 g/mol. The molecule has 8 heteroatoms. The van der Waals surface area contributed by atoms with Crippen molar-refractivity contribution >= 4 is 17.4 Å². The van der Waals surface area contributed by atoms with Crippen molar-refractivity contribution in [3.8, 4) is 11.4 Å². The summed E-state index contributed by atoms with van der Waals surface area (Å²) in [4.78, 5) is 21.7. The molecule has 1 saturated heterocycles. The number of H-pyrrole nitrogens is 1. The fraction of sp³-hybridized carbons (Fsp3) is 0.381. The number of anilines is 2. The Labute approximate surface area is 168 Å². The molecule has 8 nitrogen and oxygen atoms in total. The maximum Gasteiger partial charge on any atom is 0.255 e. The molecule has 0 bridgehead atoms. The van der Waals surface area contributed by atoms with E-state index in [1.165, 1.54) is 6.42 Å². The predicted molar refractivity (Wildman–Crippen MR) is 109 cm³/mol. The first kappa shape index (κ1) is 17.8. The summed E-state index contributed by atoms with van der Waals surface area (Å²) in [5.41, 5.74) is 3.83. The molecule has 148 valence electrons. The average molecular weight is 389 g/mol. The van der Waals surface area contributed by atoms with Crippen LogP contribution in [0.25, 0.3) is 11.4 Å². The lowest BCUT2D eigenvalue weighted by molar-refractivity contribution is 0.0724. The van der Waals surface area contributed by atoms with Crippen molar-refractivity contribution in [1.29, 1.82) is 0 Å². The third kappa shape index (κ3) is 3.46. The van der Waals surface area contributed by atoms with Crippen LogP contribution in [0.5, 0.6) is 0 Å². The minimum atomic E-state index is 0.113. The van der Waals surface area contributed by atoms with Gasteiger partial charge in [-0.3, -0.25) is 4.79 Å². The van der Waals surface area contributed by atoms with Crippen molar-refractivity contribution in [2.45, 2.75) is 32.1 Å². The maximum atomic E-state index is 12.8. The molecule has 2 aliphatic heterocycles. The number of fused-ring (bicyclic) bond motifs is 1. The van der Waals surface area contributed by atoms with Crippen LogP contribution in [-0.4, -0.2) is 56.0 Å². The molecule has 29 heavy (non-hydrogen) atoms. The molecule has 2 aromatic heterocycles. The number of nitrogens with one attached hydrogen (secondary N) is 1. The fourth-order valence-corrected chi connectivity index (χ4v) is 4.19. The number of aromatic amines is 1. The molecule has 0 spiro atoms. The fourth-order valence-electron chi connectivity index (χ4n) is 4.19. The van der Waals surface area contributed by atoms with Crippen molar-refractivity contribution < 1.29 is 4.79 Å². The van der Waals surface area contributed by atoms with E-state index < -0.39 is 0 Å². The number of carbonyl (C=O) groups is 1. The Bertz CT molecular complexity index is 994. The van der Waals surface area contributed by atoms with E-state index in [-0.39, 0.29) is 5.91 Å².